The smallest absolute Gasteiger partial charge is 0.222 e. The van der Waals surface area contributed by atoms with Crippen molar-refractivity contribution in [3.05, 3.63) is 35.9 Å². The molecule has 0 aromatic heterocycles. The molecular weight excluding hydrogens is 260 g/mol. The summed E-state index contributed by atoms with van der Waals surface area (Å²) in [6, 6.07) is 11.1. The van der Waals surface area contributed by atoms with Crippen molar-refractivity contribution >= 4 is 5.91 Å². The van der Waals surface area contributed by atoms with E-state index in [1.807, 2.05) is 0 Å². The van der Waals surface area contributed by atoms with Crippen molar-refractivity contribution in [3.8, 4) is 0 Å². The summed E-state index contributed by atoms with van der Waals surface area (Å²) in [5.74, 6) is 0.812. The Labute approximate surface area is 127 Å². The van der Waals surface area contributed by atoms with Crippen LogP contribution in [0.25, 0.3) is 0 Å². The normalized spacial score (nSPS) is 27.7. The summed E-state index contributed by atoms with van der Waals surface area (Å²) in [5.41, 5.74) is 7.39. The first-order valence-corrected chi connectivity index (χ1v) is 8.28. The van der Waals surface area contributed by atoms with Crippen LogP contribution in [0.3, 0.4) is 0 Å². The first-order valence-electron chi connectivity index (χ1n) is 8.28. The minimum absolute atomic E-state index is 0.153. The second-order valence-electron chi connectivity index (χ2n) is 6.92. The van der Waals surface area contributed by atoms with E-state index in [1.54, 1.807) is 0 Å². The number of benzene rings is 1. The number of hydrogen-bond acceptors (Lipinski definition) is 2. The number of hydrogen-bond donors (Lipinski definition) is 2. The van der Waals surface area contributed by atoms with Gasteiger partial charge in [0, 0.05) is 18.0 Å². The molecule has 2 aliphatic rings. The molecule has 0 saturated heterocycles. The first-order chi connectivity index (χ1) is 10.1. The molecule has 0 radical (unpaired) electrons. The third-order valence-electron chi connectivity index (χ3n) is 5.23. The molecule has 114 valence electrons. The Morgan fingerprint density at radius 1 is 1.14 bits per heavy atom. The zero-order chi connectivity index (χ0) is 14.7. The monoisotopic (exact) mass is 286 g/mol. The van der Waals surface area contributed by atoms with Gasteiger partial charge < -0.3 is 11.1 Å². The lowest BCUT2D eigenvalue weighted by Gasteiger charge is -2.38. The predicted molar refractivity (Wildman–Crippen MR) is 85.0 cm³/mol. The van der Waals surface area contributed by atoms with E-state index in [0.29, 0.717) is 18.4 Å². The van der Waals surface area contributed by atoms with Gasteiger partial charge in [-0.05, 0) is 56.4 Å². The third kappa shape index (κ3) is 3.65. The first kappa shape index (κ1) is 14.6. The largest absolute Gasteiger partial charge is 0.353 e. The highest BCUT2D eigenvalue weighted by Crippen LogP contribution is 2.34. The van der Waals surface area contributed by atoms with E-state index in [1.165, 1.54) is 24.8 Å². The molecule has 1 aromatic carbocycles. The fourth-order valence-corrected chi connectivity index (χ4v) is 3.70. The van der Waals surface area contributed by atoms with Gasteiger partial charge in [0.05, 0.1) is 0 Å². The highest BCUT2D eigenvalue weighted by Gasteiger charge is 2.35. The van der Waals surface area contributed by atoms with E-state index in [0.717, 1.165) is 25.7 Å². The van der Waals surface area contributed by atoms with Crippen LogP contribution in [0.2, 0.25) is 0 Å². The fourth-order valence-electron chi connectivity index (χ4n) is 3.70. The lowest BCUT2D eigenvalue weighted by atomic mass is 9.75. The van der Waals surface area contributed by atoms with Gasteiger partial charge in [0.1, 0.15) is 0 Å². The third-order valence-corrected chi connectivity index (χ3v) is 5.23. The van der Waals surface area contributed by atoms with Crippen LogP contribution in [-0.2, 0) is 4.79 Å². The maximum Gasteiger partial charge on any atom is 0.222 e. The molecule has 3 N–H and O–H groups in total. The molecule has 2 saturated carbocycles. The second-order valence-corrected chi connectivity index (χ2v) is 6.92. The average molecular weight is 286 g/mol. The number of amides is 1. The fraction of sp³-hybridized carbons (Fsp3) is 0.611. The summed E-state index contributed by atoms with van der Waals surface area (Å²) in [6.45, 7) is 0. The van der Waals surface area contributed by atoms with Gasteiger partial charge in [-0.25, -0.2) is 0 Å². The van der Waals surface area contributed by atoms with Crippen LogP contribution in [0, 0.1) is 0 Å². The molecule has 0 atom stereocenters. The van der Waals surface area contributed by atoms with Gasteiger partial charge in [0.15, 0.2) is 0 Å². The Hall–Kier alpha value is -1.35. The Morgan fingerprint density at radius 3 is 2.38 bits per heavy atom. The quantitative estimate of drug-likeness (QED) is 0.893. The van der Waals surface area contributed by atoms with Crippen molar-refractivity contribution < 1.29 is 4.79 Å². The Bertz CT molecular complexity index is 473. The highest BCUT2D eigenvalue weighted by molar-refractivity contribution is 5.77. The summed E-state index contributed by atoms with van der Waals surface area (Å²) in [4.78, 5) is 12.1. The second kappa shape index (κ2) is 6.18. The predicted octanol–water partition coefficient (Wildman–Crippen LogP) is 3.10. The Morgan fingerprint density at radius 2 is 1.81 bits per heavy atom. The standard InChI is InChI=1S/C18H26N2O/c19-18(11-4-12-18)13-17(21)20-16-9-7-15(8-10-16)14-5-2-1-3-6-14/h1-3,5-6,15-16H,4,7-13,19H2,(H,20,21). The van der Waals surface area contributed by atoms with Gasteiger partial charge in [-0.1, -0.05) is 30.3 Å². The van der Waals surface area contributed by atoms with Crippen LogP contribution in [0.4, 0.5) is 0 Å². The van der Waals surface area contributed by atoms with E-state index in [-0.39, 0.29) is 11.4 Å². The number of rotatable bonds is 4. The molecule has 2 fully saturated rings. The maximum absolute atomic E-state index is 12.1. The van der Waals surface area contributed by atoms with Crippen LogP contribution >= 0.6 is 0 Å². The Balaban J connectivity index is 1.44. The zero-order valence-electron chi connectivity index (χ0n) is 12.7. The van der Waals surface area contributed by atoms with E-state index < -0.39 is 0 Å². The van der Waals surface area contributed by atoms with Crippen molar-refractivity contribution in [2.45, 2.75) is 68.9 Å². The minimum Gasteiger partial charge on any atom is -0.353 e. The summed E-state index contributed by atoms with van der Waals surface area (Å²) in [5, 5.41) is 3.20. The van der Waals surface area contributed by atoms with Crippen molar-refractivity contribution in [2.24, 2.45) is 5.73 Å². The number of nitrogens with two attached hydrogens (primary N) is 1. The van der Waals surface area contributed by atoms with Gasteiger partial charge >= 0.3 is 0 Å². The van der Waals surface area contributed by atoms with E-state index in [9.17, 15) is 4.79 Å². The number of nitrogens with one attached hydrogen (secondary N) is 1. The van der Waals surface area contributed by atoms with Crippen molar-refractivity contribution in [1.29, 1.82) is 0 Å². The van der Waals surface area contributed by atoms with Gasteiger partial charge in [0.2, 0.25) is 5.91 Å². The topological polar surface area (TPSA) is 55.1 Å². The molecule has 3 nitrogen and oxygen atoms in total. The summed E-state index contributed by atoms with van der Waals surface area (Å²) >= 11 is 0. The molecule has 0 unspecified atom stereocenters. The number of carbonyl (C=O) groups is 1. The summed E-state index contributed by atoms with van der Waals surface area (Å²) in [7, 11) is 0. The molecule has 0 aliphatic heterocycles. The van der Waals surface area contributed by atoms with Crippen molar-refractivity contribution in [1.82, 2.24) is 5.32 Å². The average Bonchev–Trinajstić information content (AvgIpc) is 2.47. The SMILES string of the molecule is NC1(CC(=O)NC2CCC(c3ccccc3)CC2)CCC1. The summed E-state index contributed by atoms with van der Waals surface area (Å²) < 4.78 is 0. The number of carbonyl (C=O) groups excluding carboxylic acids is 1. The van der Waals surface area contributed by atoms with Crippen LogP contribution in [0.5, 0.6) is 0 Å². The van der Waals surface area contributed by atoms with Gasteiger partial charge in [0.25, 0.3) is 0 Å². The lowest BCUT2D eigenvalue weighted by molar-refractivity contribution is -0.123. The van der Waals surface area contributed by atoms with Crippen molar-refractivity contribution in [2.75, 3.05) is 0 Å². The zero-order valence-corrected chi connectivity index (χ0v) is 12.7. The molecule has 3 rings (SSSR count). The van der Waals surface area contributed by atoms with Crippen LogP contribution in [0.1, 0.15) is 62.8 Å². The Kier molecular flexibility index (Phi) is 4.29. The van der Waals surface area contributed by atoms with Gasteiger partial charge in [-0.15, -0.1) is 0 Å². The van der Waals surface area contributed by atoms with Crippen molar-refractivity contribution in [3.63, 3.8) is 0 Å². The highest BCUT2D eigenvalue weighted by atomic mass is 16.1. The minimum atomic E-state index is -0.203. The van der Waals surface area contributed by atoms with E-state index in [2.05, 4.69) is 35.6 Å². The molecule has 0 spiro atoms. The maximum atomic E-state index is 12.1. The van der Waals surface area contributed by atoms with Crippen LogP contribution in [-0.4, -0.2) is 17.5 Å². The molecular formula is C18H26N2O. The summed E-state index contributed by atoms with van der Waals surface area (Å²) in [6.07, 6.45) is 8.19. The molecule has 2 aliphatic carbocycles. The lowest BCUT2D eigenvalue weighted by Crippen LogP contribution is -2.51. The molecule has 21 heavy (non-hydrogen) atoms. The molecule has 1 amide bonds. The molecule has 0 heterocycles. The molecule has 1 aromatic rings. The molecule has 3 heteroatoms. The van der Waals surface area contributed by atoms with Gasteiger partial charge in [-0.2, -0.15) is 0 Å². The molecule has 0 bridgehead atoms. The van der Waals surface area contributed by atoms with Crippen LogP contribution in [0.15, 0.2) is 30.3 Å². The van der Waals surface area contributed by atoms with Crippen LogP contribution < -0.4 is 11.1 Å². The van der Waals surface area contributed by atoms with E-state index in [4.69, 9.17) is 5.73 Å². The van der Waals surface area contributed by atoms with Gasteiger partial charge in [-0.3, -0.25) is 4.79 Å². The van der Waals surface area contributed by atoms with E-state index >= 15 is 0 Å².